The Hall–Kier alpha value is -3.08. The Bertz CT molecular complexity index is 1030. The van der Waals surface area contributed by atoms with E-state index in [1.54, 1.807) is 11.6 Å². The Morgan fingerprint density at radius 3 is 2.63 bits per heavy atom. The molecule has 27 heavy (non-hydrogen) atoms. The average Bonchev–Trinajstić information content (AvgIpc) is 2.71. The van der Waals surface area contributed by atoms with Crippen LogP contribution in [0.5, 0.6) is 0 Å². The average molecular weight is 361 g/mol. The molecule has 1 aliphatic heterocycles. The number of amides is 1. The van der Waals surface area contributed by atoms with E-state index in [9.17, 15) is 9.59 Å². The van der Waals surface area contributed by atoms with Gasteiger partial charge in [-0.2, -0.15) is 0 Å². The molecule has 5 heteroatoms. The second kappa shape index (κ2) is 7.27. The second-order valence-corrected chi connectivity index (χ2v) is 7.07. The van der Waals surface area contributed by atoms with E-state index in [1.165, 1.54) is 6.07 Å². The molecular weight excluding hydrogens is 338 g/mol. The SMILES string of the molecule is Cn1c(=O)cc(C(=O)N2CCC[C@@H](Nc3ccccc3)C2)c2ccccc21. The van der Waals surface area contributed by atoms with Gasteiger partial charge in [0.2, 0.25) is 0 Å². The fraction of sp³-hybridized carbons (Fsp3) is 0.273. The van der Waals surface area contributed by atoms with Crippen LogP contribution in [0.3, 0.4) is 0 Å². The van der Waals surface area contributed by atoms with E-state index in [1.807, 2.05) is 59.5 Å². The summed E-state index contributed by atoms with van der Waals surface area (Å²) in [7, 11) is 1.74. The van der Waals surface area contributed by atoms with E-state index < -0.39 is 0 Å². The quantitative estimate of drug-likeness (QED) is 0.779. The number of pyridine rings is 1. The lowest BCUT2D eigenvalue weighted by molar-refractivity contribution is 0.0716. The number of fused-ring (bicyclic) bond motifs is 1. The number of likely N-dealkylation sites (tertiary alicyclic amines) is 1. The van der Waals surface area contributed by atoms with Gasteiger partial charge in [-0.1, -0.05) is 36.4 Å². The molecule has 0 saturated carbocycles. The van der Waals surface area contributed by atoms with Gasteiger partial charge in [0.1, 0.15) is 0 Å². The summed E-state index contributed by atoms with van der Waals surface area (Å²) in [6.07, 6.45) is 1.97. The maximum absolute atomic E-state index is 13.2. The van der Waals surface area contributed by atoms with Crippen LogP contribution in [-0.2, 0) is 7.05 Å². The monoisotopic (exact) mass is 361 g/mol. The molecule has 0 bridgehead atoms. The number of hydrogen-bond acceptors (Lipinski definition) is 3. The van der Waals surface area contributed by atoms with Crippen molar-refractivity contribution >= 4 is 22.5 Å². The van der Waals surface area contributed by atoms with Crippen LogP contribution in [-0.4, -0.2) is 34.5 Å². The van der Waals surface area contributed by atoms with Gasteiger partial charge < -0.3 is 14.8 Å². The number of carbonyl (C=O) groups is 1. The number of para-hydroxylation sites is 2. The second-order valence-electron chi connectivity index (χ2n) is 7.07. The Labute approximate surface area is 158 Å². The molecule has 1 aromatic heterocycles. The third-order valence-electron chi connectivity index (χ3n) is 5.24. The summed E-state index contributed by atoms with van der Waals surface area (Å²) in [6.45, 7) is 1.35. The zero-order valence-electron chi connectivity index (χ0n) is 15.4. The maximum atomic E-state index is 13.2. The summed E-state index contributed by atoms with van der Waals surface area (Å²) in [5.41, 5.74) is 2.18. The Morgan fingerprint density at radius 1 is 1.07 bits per heavy atom. The van der Waals surface area contributed by atoms with Gasteiger partial charge in [0.05, 0.1) is 11.1 Å². The first kappa shape index (κ1) is 17.3. The van der Waals surface area contributed by atoms with Crippen LogP contribution in [0, 0.1) is 0 Å². The number of piperidine rings is 1. The third-order valence-corrected chi connectivity index (χ3v) is 5.24. The van der Waals surface area contributed by atoms with Crippen molar-refractivity contribution in [3.05, 3.63) is 76.6 Å². The molecule has 5 nitrogen and oxygen atoms in total. The van der Waals surface area contributed by atoms with Crippen molar-refractivity contribution in [3.8, 4) is 0 Å². The van der Waals surface area contributed by atoms with E-state index >= 15 is 0 Å². The van der Waals surface area contributed by atoms with Crippen molar-refractivity contribution in [2.75, 3.05) is 18.4 Å². The molecule has 0 unspecified atom stereocenters. The van der Waals surface area contributed by atoms with Gasteiger partial charge >= 0.3 is 0 Å². The summed E-state index contributed by atoms with van der Waals surface area (Å²) >= 11 is 0. The summed E-state index contributed by atoms with van der Waals surface area (Å²) in [5, 5.41) is 4.34. The van der Waals surface area contributed by atoms with Crippen molar-refractivity contribution in [2.24, 2.45) is 7.05 Å². The van der Waals surface area contributed by atoms with Crippen molar-refractivity contribution in [2.45, 2.75) is 18.9 Å². The summed E-state index contributed by atoms with van der Waals surface area (Å²) in [4.78, 5) is 27.4. The smallest absolute Gasteiger partial charge is 0.254 e. The lowest BCUT2D eigenvalue weighted by atomic mass is 10.0. The predicted octanol–water partition coefficient (Wildman–Crippen LogP) is 3.26. The molecule has 0 spiro atoms. The number of aryl methyl sites for hydroxylation is 1. The van der Waals surface area contributed by atoms with Crippen molar-refractivity contribution in [3.63, 3.8) is 0 Å². The van der Waals surface area contributed by atoms with E-state index in [4.69, 9.17) is 0 Å². The molecule has 1 saturated heterocycles. The van der Waals surface area contributed by atoms with Gasteiger partial charge in [0, 0.05) is 43.3 Å². The van der Waals surface area contributed by atoms with Crippen LogP contribution in [0.25, 0.3) is 10.9 Å². The standard InChI is InChI=1S/C22H23N3O2/c1-24-20-12-6-5-11-18(20)19(14-21(24)26)22(27)25-13-7-10-17(15-25)23-16-8-3-2-4-9-16/h2-6,8-9,11-12,14,17,23H,7,10,13,15H2,1H3/t17-/m1/s1. The van der Waals surface area contributed by atoms with Crippen LogP contribution in [0.15, 0.2) is 65.5 Å². The molecule has 2 aromatic carbocycles. The van der Waals surface area contributed by atoms with Gasteiger partial charge in [-0.15, -0.1) is 0 Å². The van der Waals surface area contributed by atoms with Crippen LogP contribution < -0.4 is 10.9 Å². The molecule has 3 aromatic rings. The van der Waals surface area contributed by atoms with Crippen molar-refractivity contribution in [1.82, 2.24) is 9.47 Å². The number of aromatic nitrogens is 1. The number of rotatable bonds is 3. The van der Waals surface area contributed by atoms with Crippen molar-refractivity contribution < 1.29 is 4.79 Å². The predicted molar refractivity (Wildman–Crippen MR) is 108 cm³/mol. The minimum Gasteiger partial charge on any atom is -0.381 e. The van der Waals surface area contributed by atoms with Gasteiger partial charge in [0.25, 0.3) is 11.5 Å². The Kier molecular flexibility index (Phi) is 4.67. The van der Waals surface area contributed by atoms with E-state index in [2.05, 4.69) is 5.32 Å². The molecule has 2 heterocycles. The molecule has 1 aliphatic rings. The number of hydrogen-bond donors (Lipinski definition) is 1. The van der Waals surface area contributed by atoms with E-state index in [-0.39, 0.29) is 17.5 Å². The first-order valence-corrected chi connectivity index (χ1v) is 9.33. The summed E-state index contributed by atoms with van der Waals surface area (Å²) < 4.78 is 1.59. The van der Waals surface area contributed by atoms with Crippen LogP contribution in [0.2, 0.25) is 0 Å². The fourth-order valence-electron chi connectivity index (χ4n) is 3.81. The normalized spacial score (nSPS) is 17.1. The number of nitrogens with zero attached hydrogens (tertiary/aromatic N) is 2. The lowest BCUT2D eigenvalue weighted by Crippen LogP contribution is -2.45. The molecule has 1 atom stereocenters. The zero-order chi connectivity index (χ0) is 18.8. The molecule has 4 rings (SSSR count). The molecule has 1 N–H and O–H groups in total. The number of nitrogens with one attached hydrogen (secondary N) is 1. The molecule has 1 fully saturated rings. The minimum absolute atomic E-state index is 0.0662. The van der Waals surface area contributed by atoms with Gasteiger partial charge in [-0.3, -0.25) is 9.59 Å². The highest BCUT2D eigenvalue weighted by atomic mass is 16.2. The summed E-state index contributed by atoms with van der Waals surface area (Å²) in [5.74, 6) is -0.0662. The third kappa shape index (κ3) is 3.45. The van der Waals surface area contributed by atoms with E-state index in [0.717, 1.165) is 36.0 Å². The van der Waals surface area contributed by atoms with Crippen LogP contribution >= 0.6 is 0 Å². The number of anilines is 1. The highest BCUT2D eigenvalue weighted by Crippen LogP contribution is 2.21. The van der Waals surface area contributed by atoms with Gasteiger partial charge in [-0.25, -0.2) is 0 Å². The first-order valence-electron chi connectivity index (χ1n) is 9.33. The van der Waals surface area contributed by atoms with Gasteiger partial charge in [0.15, 0.2) is 0 Å². The Morgan fingerprint density at radius 2 is 1.81 bits per heavy atom. The Balaban J connectivity index is 1.60. The zero-order valence-corrected chi connectivity index (χ0v) is 15.4. The fourth-order valence-corrected chi connectivity index (χ4v) is 3.81. The largest absolute Gasteiger partial charge is 0.381 e. The molecule has 0 radical (unpaired) electrons. The summed E-state index contributed by atoms with van der Waals surface area (Å²) in [6, 6.07) is 19.3. The van der Waals surface area contributed by atoms with Crippen LogP contribution in [0.1, 0.15) is 23.2 Å². The number of benzene rings is 2. The highest BCUT2D eigenvalue weighted by Gasteiger charge is 2.26. The molecule has 0 aliphatic carbocycles. The minimum atomic E-state index is -0.159. The first-order chi connectivity index (χ1) is 13.1. The highest BCUT2D eigenvalue weighted by molar-refractivity contribution is 6.06. The molecule has 138 valence electrons. The number of carbonyl (C=O) groups excluding carboxylic acids is 1. The maximum Gasteiger partial charge on any atom is 0.254 e. The molecule has 1 amide bonds. The lowest BCUT2D eigenvalue weighted by Gasteiger charge is -2.34. The van der Waals surface area contributed by atoms with Crippen LogP contribution in [0.4, 0.5) is 5.69 Å². The molecular formula is C22H23N3O2. The van der Waals surface area contributed by atoms with Crippen molar-refractivity contribution in [1.29, 1.82) is 0 Å². The topological polar surface area (TPSA) is 54.3 Å². The van der Waals surface area contributed by atoms with E-state index in [0.29, 0.717) is 12.1 Å². The van der Waals surface area contributed by atoms with Gasteiger partial charge in [-0.05, 0) is 31.0 Å².